The molecule has 0 aromatic carbocycles. The van der Waals surface area contributed by atoms with Crippen LogP contribution < -0.4 is 10.6 Å². The van der Waals surface area contributed by atoms with Crippen LogP contribution in [0.15, 0.2) is 24.3 Å². The molecule has 6 amide bonds. The summed E-state index contributed by atoms with van der Waals surface area (Å²) in [6, 6.07) is -0.202. The molecule has 0 bridgehead atoms. The molecular formula is C23H32N4O6. The van der Waals surface area contributed by atoms with Crippen molar-refractivity contribution >= 4 is 35.4 Å². The van der Waals surface area contributed by atoms with E-state index in [0.717, 1.165) is 12.8 Å². The second-order valence-electron chi connectivity index (χ2n) is 8.22. The quantitative estimate of drug-likeness (QED) is 0.271. The van der Waals surface area contributed by atoms with Gasteiger partial charge in [0.05, 0.1) is 0 Å². The van der Waals surface area contributed by atoms with Gasteiger partial charge in [0.1, 0.15) is 0 Å². The highest BCUT2D eigenvalue weighted by Crippen LogP contribution is 2.09. The van der Waals surface area contributed by atoms with Crippen molar-refractivity contribution in [2.45, 2.75) is 64.3 Å². The van der Waals surface area contributed by atoms with E-state index in [-0.39, 0.29) is 41.5 Å². The van der Waals surface area contributed by atoms with Gasteiger partial charge in [-0.1, -0.05) is 12.8 Å². The summed E-state index contributed by atoms with van der Waals surface area (Å²) in [6.45, 7) is 2.87. The van der Waals surface area contributed by atoms with Crippen molar-refractivity contribution in [2.75, 3.05) is 19.6 Å². The minimum atomic E-state index is -0.291. The molecule has 0 fully saturated rings. The van der Waals surface area contributed by atoms with E-state index in [0.29, 0.717) is 58.2 Å². The SMILES string of the molecule is C[C@@H](CNC(=O)CCCCCN1C(=O)C=CC1=O)NC(=O)CCCCCN1C(=O)C=CC1=O. The van der Waals surface area contributed by atoms with Crippen LogP contribution in [0.4, 0.5) is 0 Å². The monoisotopic (exact) mass is 460 g/mol. The highest BCUT2D eigenvalue weighted by molar-refractivity contribution is 6.13. The lowest BCUT2D eigenvalue weighted by Crippen LogP contribution is -2.41. The van der Waals surface area contributed by atoms with Gasteiger partial charge >= 0.3 is 0 Å². The Morgan fingerprint density at radius 2 is 1.12 bits per heavy atom. The molecule has 0 saturated carbocycles. The fourth-order valence-corrected chi connectivity index (χ4v) is 3.52. The van der Waals surface area contributed by atoms with Crippen molar-refractivity contribution in [2.24, 2.45) is 0 Å². The Morgan fingerprint density at radius 1 is 0.697 bits per heavy atom. The Morgan fingerprint density at radius 3 is 1.58 bits per heavy atom. The van der Waals surface area contributed by atoms with Gasteiger partial charge < -0.3 is 10.6 Å². The molecular weight excluding hydrogens is 428 g/mol. The molecule has 0 saturated heterocycles. The largest absolute Gasteiger partial charge is 0.354 e. The Balaban J connectivity index is 1.44. The molecule has 33 heavy (non-hydrogen) atoms. The maximum atomic E-state index is 12.0. The molecule has 0 spiro atoms. The first-order valence-corrected chi connectivity index (χ1v) is 11.4. The van der Waals surface area contributed by atoms with Gasteiger partial charge in [-0.3, -0.25) is 38.6 Å². The second kappa shape index (κ2) is 13.3. The van der Waals surface area contributed by atoms with Crippen molar-refractivity contribution < 1.29 is 28.8 Å². The summed E-state index contributed by atoms with van der Waals surface area (Å²) >= 11 is 0. The van der Waals surface area contributed by atoms with Gasteiger partial charge in [0.15, 0.2) is 0 Å². The van der Waals surface area contributed by atoms with Crippen LogP contribution in [-0.4, -0.2) is 70.9 Å². The fourth-order valence-electron chi connectivity index (χ4n) is 3.52. The number of carbonyl (C=O) groups is 6. The lowest BCUT2D eigenvalue weighted by Gasteiger charge is -2.15. The molecule has 2 rings (SSSR count). The number of carbonyl (C=O) groups excluding carboxylic acids is 6. The number of hydrogen-bond donors (Lipinski definition) is 2. The summed E-state index contributed by atoms with van der Waals surface area (Å²) in [5, 5.41) is 5.63. The van der Waals surface area contributed by atoms with Crippen LogP contribution in [0.2, 0.25) is 0 Å². The zero-order valence-corrected chi connectivity index (χ0v) is 19.0. The van der Waals surface area contributed by atoms with Crippen molar-refractivity contribution in [3.8, 4) is 0 Å². The standard InChI is InChI=1S/C23H32N4O6/c1-17(25-19(29)9-5-3-7-15-27-22(32)12-13-23(27)33)16-24-18(28)8-4-2-6-14-26-20(30)10-11-21(26)31/h10-13,17H,2-9,14-16H2,1H3,(H,24,28)(H,25,29)/t17-/m0/s1. The Bertz CT molecular complexity index is 799. The Labute approximate surface area is 193 Å². The third-order valence-electron chi connectivity index (χ3n) is 5.39. The van der Waals surface area contributed by atoms with Gasteiger partial charge in [-0.2, -0.15) is 0 Å². The summed E-state index contributed by atoms with van der Waals surface area (Å²) in [5.74, 6) is -1.37. The van der Waals surface area contributed by atoms with Gasteiger partial charge in [0, 0.05) is 62.8 Å². The topological polar surface area (TPSA) is 133 Å². The van der Waals surface area contributed by atoms with Crippen molar-refractivity contribution in [1.82, 2.24) is 20.4 Å². The fraction of sp³-hybridized carbons (Fsp3) is 0.565. The minimum Gasteiger partial charge on any atom is -0.354 e. The molecule has 2 heterocycles. The average molecular weight is 461 g/mol. The summed E-state index contributed by atoms with van der Waals surface area (Å²) < 4.78 is 0. The smallest absolute Gasteiger partial charge is 0.253 e. The molecule has 2 aliphatic heterocycles. The molecule has 0 radical (unpaired) electrons. The maximum absolute atomic E-state index is 12.0. The van der Waals surface area contributed by atoms with E-state index in [9.17, 15) is 28.8 Å². The van der Waals surface area contributed by atoms with Crippen molar-refractivity contribution in [3.05, 3.63) is 24.3 Å². The van der Waals surface area contributed by atoms with E-state index >= 15 is 0 Å². The van der Waals surface area contributed by atoms with E-state index in [4.69, 9.17) is 0 Å². The molecule has 10 heteroatoms. The first-order chi connectivity index (χ1) is 15.8. The summed E-state index contributed by atoms with van der Waals surface area (Å²) in [6.07, 6.45) is 9.80. The predicted octanol–water partition coefficient (Wildman–Crippen LogP) is 0.578. The highest BCUT2D eigenvalue weighted by atomic mass is 16.2. The number of imide groups is 2. The van der Waals surface area contributed by atoms with E-state index in [1.165, 1.54) is 34.1 Å². The summed E-state index contributed by atoms with van der Waals surface area (Å²) in [4.78, 5) is 72.1. The number of amides is 6. The normalized spacial score (nSPS) is 16.2. The van der Waals surface area contributed by atoms with Crippen LogP contribution in [0.1, 0.15) is 58.3 Å². The Kier molecular flexibility index (Phi) is 10.5. The molecule has 0 aromatic rings. The molecule has 10 nitrogen and oxygen atoms in total. The van der Waals surface area contributed by atoms with Crippen LogP contribution >= 0.6 is 0 Å². The van der Waals surface area contributed by atoms with Crippen molar-refractivity contribution in [3.63, 3.8) is 0 Å². The minimum absolute atomic E-state index is 0.104. The third kappa shape index (κ3) is 8.99. The van der Waals surface area contributed by atoms with E-state index in [1.807, 2.05) is 6.92 Å². The zero-order chi connectivity index (χ0) is 24.2. The van der Waals surface area contributed by atoms with Gasteiger partial charge in [-0.25, -0.2) is 0 Å². The van der Waals surface area contributed by atoms with E-state index in [2.05, 4.69) is 10.6 Å². The lowest BCUT2D eigenvalue weighted by atomic mass is 10.1. The molecule has 180 valence electrons. The van der Waals surface area contributed by atoms with Crippen LogP contribution in [0, 0.1) is 0 Å². The number of hydrogen-bond acceptors (Lipinski definition) is 6. The number of unbranched alkanes of at least 4 members (excludes halogenated alkanes) is 4. The van der Waals surface area contributed by atoms with E-state index < -0.39 is 0 Å². The van der Waals surface area contributed by atoms with Crippen LogP contribution in [0.25, 0.3) is 0 Å². The number of nitrogens with zero attached hydrogens (tertiary/aromatic N) is 2. The molecule has 2 aliphatic rings. The van der Waals surface area contributed by atoms with Crippen molar-refractivity contribution in [1.29, 1.82) is 0 Å². The highest BCUT2D eigenvalue weighted by Gasteiger charge is 2.23. The van der Waals surface area contributed by atoms with Gasteiger partial charge in [0.2, 0.25) is 11.8 Å². The molecule has 2 N–H and O–H groups in total. The zero-order valence-electron chi connectivity index (χ0n) is 19.0. The summed E-state index contributed by atoms with van der Waals surface area (Å²) in [5.41, 5.74) is 0. The van der Waals surface area contributed by atoms with Gasteiger partial charge in [-0.05, 0) is 32.6 Å². The van der Waals surface area contributed by atoms with Gasteiger partial charge in [0.25, 0.3) is 23.6 Å². The number of nitrogens with one attached hydrogen (secondary N) is 2. The molecule has 0 aromatic heterocycles. The first-order valence-electron chi connectivity index (χ1n) is 11.4. The predicted molar refractivity (Wildman–Crippen MR) is 119 cm³/mol. The molecule has 1 atom stereocenters. The third-order valence-corrected chi connectivity index (χ3v) is 5.39. The second-order valence-corrected chi connectivity index (χ2v) is 8.22. The molecule has 0 aliphatic carbocycles. The maximum Gasteiger partial charge on any atom is 0.253 e. The average Bonchev–Trinajstić information content (AvgIpc) is 3.26. The van der Waals surface area contributed by atoms with Gasteiger partial charge in [-0.15, -0.1) is 0 Å². The van der Waals surface area contributed by atoms with Crippen LogP contribution in [-0.2, 0) is 28.8 Å². The Hall–Kier alpha value is -3.30. The summed E-state index contributed by atoms with van der Waals surface area (Å²) in [7, 11) is 0. The lowest BCUT2D eigenvalue weighted by molar-refractivity contribution is -0.138. The number of rotatable bonds is 15. The first kappa shape index (κ1) is 26.0. The molecule has 0 unspecified atom stereocenters. The van der Waals surface area contributed by atoms with E-state index in [1.54, 1.807) is 0 Å². The van der Waals surface area contributed by atoms with Crippen LogP contribution in [0.3, 0.4) is 0 Å². The van der Waals surface area contributed by atoms with Crippen LogP contribution in [0.5, 0.6) is 0 Å².